The molecule has 1 aromatic heterocycles. The predicted molar refractivity (Wildman–Crippen MR) is 68.4 cm³/mol. The Morgan fingerprint density at radius 1 is 1.29 bits per heavy atom. The first-order valence-corrected chi connectivity index (χ1v) is 6.20. The molecular formula is C14H18N2O. The fourth-order valence-electron chi connectivity index (χ4n) is 2.56. The molecule has 0 radical (unpaired) electrons. The van der Waals surface area contributed by atoms with Crippen LogP contribution in [0, 0.1) is 5.41 Å². The third-order valence-electron chi connectivity index (χ3n) is 3.95. The van der Waals surface area contributed by atoms with Gasteiger partial charge < -0.3 is 9.82 Å². The quantitative estimate of drug-likeness (QED) is 0.776. The summed E-state index contributed by atoms with van der Waals surface area (Å²) in [5, 5.41) is 1.34. The highest BCUT2D eigenvalue weighted by atomic mass is 16.6. The zero-order valence-electron chi connectivity index (χ0n) is 9.91. The highest BCUT2D eigenvalue weighted by molar-refractivity contribution is 5.83. The van der Waals surface area contributed by atoms with Crippen molar-refractivity contribution in [2.75, 3.05) is 6.61 Å². The van der Waals surface area contributed by atoms with Gasteiger partial charge in [-0.05, 0) is 42.7 Å². The van der Waals surface area contributed by atoms with Crippen LogP contribution >= 0.6 is 0 Å². The lowest BCUT2D eigenvalue weighted by molar-refractivity contribution is 0.0882. The molecule has 90 valence electrons. The number of hydrogen-bond acceptors (Lipinski definition) is 2. The molecule has 3 nitrogen and oxygen atoms in total. The van der Waals surface area contributed by atoms with Gasteiger partial charge in [0.05, 0.1) is 6.61 Å². The fourth-order valence-corrected chi connectivity index (χ4v) is 2.56. The van der Waals surface area contributed by atoms with Gasteiger partial charge >= 0.3 is 0 Å². The van der Waals surface area contributed by atoms with Crippen LogP contribution in [0.25, 0.3) is 10.9 Å². The van der Waals surface area contributed by atoms with Gasteiger partial charge in [-0.25, -0.2) is 5.90 Å². The molecule has 0 aliphatic heterocycles. The topological polar surface area (TPSA) is 51.0 Å². The van der Waals surface area contributed by atoms with Gasteiger partial charge in [-0.15, -0.1) is 0 Å². The third kappa shape index (κ3) is 2.08. The molecule has 1 fully saturated rings. The van der Waals surface area contributed by atoms with Gasteiger partial charge in [0, 0.05) is 17.1 Å². The van der Waals surface area contributed by atoms with Crippen molar-refractivity contribution in [2.24, 2.45) is 11.3 Å². The molecule has 2 aromatic rings. The van der Waals surface area contributed by atoms with Gasteiger partial charge in [-0.3, -0.25) is 0 Å². The van der Waals surface area contributed by atoms with Gasteiger partial charge in [0.1, 0.15) is 0 Å². The number of nitrogens with one attached hydrogen (secondary N) is 1. The Hall–Kier alpha value is -1.32. The van der Waals surface area contributed by atoms with Crippen LogP contribution in [0.15, 0.2) is 30.5 Å². The van der Waals surface area contributed by atoms with Crippen molar-refractivity contribution in [1.29, 1.82) is 0 Å². The second-order valence-corrected chi connectivity index (χ2v) is 5.17. The molecule has 3 rings (SSSR count). The minimum atomic E-state index is 0.368. The van der Waals surface area contributed by atoms with Crippen LogP contribution in [0.5, 0.6) is 0 Å². The Labute approximate surface area is 101 Å². The van der Waals surface area contributed by atoms with Crippen LogP contribution in [0.1, 0.15) is 24.8 Å². The molecule has 1 aromatic carbocycles. The molecule has 0 atom stereocenters. The summed E-state index contributed by atoms with van der Waals surface area (Å²) < 4.78 is 0. The third-order valence-corrected chi connectivity index (χ3v) is 3.95. The first-order chi connectivity index (χ1) is 8.33. The highest BCUT2D eigenvalue weighted by Crippen LogP contribution is 2.49. The molecule has 0 saturated heterocycles. The molecule has 0 bridgehead atoms. The normalized spacial score (nSPS) is 17.5. The molecule has 1 aliphatic rings. The van der Waals surface area contributed by atoms with Crippen LogP contribution in [0.2, 0.25) is 0 Å². The van der Waals surface area contributed by atoms with Gasteiger partial charge in [-0.2, -0.15) is 0 Å². The Morgan fingerprint density at radius 2 is 2.12 bits per heavy atom. The zero-order chi connectivity index (χ0) is 11.7. The first-order valence-electron chi connectivity index (χ1n) is 6.20. The summed E-state index contributed by atoms with van der Waals surface area (Å²) in [7, 11) is 0. The van der Waals surface area contributed by atoms with E-state index in [1.54, 1.807) is 0 Å². The van der Waals surface area contributed by atoms with E-state index in [4.69, 9.17) is 10.7 Å². The molecule has 1 saturated carbocycles. The van der Waals surface area contributed by atoms with E-state index >= 15 is 0 Å². The zero-order valence-corrected chi connectivity index (χ0v) is 9.91. The number of aromatic nitrogens is 1. The summed E-state index contributed by atoms with van der Waals surface area (Å²) in [6, 6.07) is 8.46. The van der Waals surface area contributed by atoms with Crippen molar-refractivity contribution in [2.45, 2.75) is 25.7 Å². The molecule has 1 heterocycles. The Balaban J connectivity index is 1.73. The van der Waals surface area contributed by atoms with Crippen LogP contribution < -0.4 is 5.90 Å². The number of aromatic amines is 1. The second-order valence-electron chi connectivity index (χ2n) is 5.17. The molecule has 0 unspecified atom stereocenters. The fraction of sp³-hybridized carbons (Fsp3) is 0.429. The summed E-state index contributed by atoms with van der Waals surface area (Å²) in [6.45, 7) is 0.704. The van der Waals surface area contributed by atoms with Gasteiger partial charge in [0.2, 0.25) is 0 Å². The van der Waals surface area contributed by atoms with Crippen molar-refractivity contribution >= 4 is 10.9 Å². The van der Waals surface area contributed by atoms with E-state index in [2.05, 4.69) is 35.4 Å². The number of fused-ring (bicyclic) bond motifs is 1. The van der Waals surface area contributed by atoms with E-state index in [9.17, 15) is 0 Å². The van der Waals surface area contributed by atoms with Crippen molar-refractivity contribution < 1.29 is 4.84 Å². The van der Waals surface area contributed by atoms with Crippen molar-refractivity contribution in [3.63, 3.8) is 0 Å². The predicted octanol–water partition coefficient (Wildman–Crippen LogP) is 2.77. The van der Waals surface area contributed by atoms with Crippen molar-refractivity contribution in [3.8, 4) is 0 Å². The monoisotopic (exact) mass is 230 g/mol. The molecule has 1 aliphatic carbocycles. The Bertz CT molecular complexity index is 514. The number of para-hydroxylation sites is 1. The smallest absolute Gasteiger partial charge is 0.0735 e. The minimum absolute atomic E-state index is 0.368. The maximum absolute atomic E-state index is 5.19. The van der Waals surface area contributed by atoms with Gasteiger partial charge in [0.25, 0.3) is 0 Å². The van der Waals surface area contributed by atoms with E-state index < -0.39 is 0 Å². The average Bonchev–Trinajstić information content (AvgIpc) is 3.00. The summed E-state index contributed by atoms with van der Waals surface area (Å²) in [6.07, 6.45) is 6.92. The van der Waals surface area contributed by atoms with Crippen LogP contribution in [-0.2, 0) is 11.3 Å². The lowest BCUT2D eigenvalue weighted by Crippen LogP contribution is -2.14. The van der Waals surface area contributed by atoms with E-state index in [-0.39, 0.29) is 0 Å². The van der Waals surface area contributed by atoms with Gasteiger partial charge in [0.15, 0.2) is 0 Å². The summed E-state index contributed by atoms with van der Waals surface area (Å²) in [4.78, 5) is 8.14. The standard InChI is InChI=1S/C14H18N2O/c15-17-10-14(7-8-14)6-5-11-9-16-13-4-2-1-3-12(11)13/h1-4,9,16H,5-8,10,15H2. The van der Waals surface area contributed by atoms with E-state index in [1.165, 1.54) is 35.7 Å². The maximum atomic E-state index is 5.19. The molecule has 3 N–H and O–H groups in total. The van der Waals surface area contributed by atoms with Crippen LogP contribution in [0.3, 0.4) is 0 Å². The first kappa shape index (κ1) is 10.8. The summed E-state index contributed by atoms with van der Waals surface area (Å²) in [5.41, 5.74) is 3.00. The molecular weight excluding hydrogens is 212 g/mol. The number of rotatable bonds is 5. The number of benzene rings is 1. The SMILES string of the molecule is NOCC1(CCc2c[nH]c3ccccc23)CC1. The molecule has 0 spiro atoms. The van der Waals surface area contributed by atoms with Crippen molar-refractivity contribution in [3.05, 3.63) is 36.0 Å². The van der Waals surface area contributed by atoms with Crippen LogP contribution in [-0.4, -0.2) is 11.6 Å². The molecule has 17 heavy (non-hydrogen) atoms. The average molecular weight is 230 g/mol. The highest BCUT2D eigenvalue weighted by Gasteiger charge is 2.42. The maximum Gasteiger partial charge on any atom is 0.0735 e. The Kier molecular flexibility index (Phi) is 2.65. The lowest BCUT2D eigenvalue weighted by Gasteiger charge is -2.12. The van der Waals surface area contributed by atoms with E-state index in [1.807, 2.05) is 0 Å². The molecule has 0 amide bonds. The van der Waals surface area contributed by atoms with E-state index in [0.717, 1.165) is 6.42 Å². The summed E-state index contributed by atoms with van der Waals surface area (Å²) in [5.74, 6) is 5.19. The number of hydrogen-bond donors (Lipinski definition) is 2. The number of H-pyrrole nitrogens is 1. The van der Waals surface area contributed by atoms with Crippen LogP contribution in [0.4, 0.5) is 0 Å². The summed E-state index contributed by atoms with van der Waals surface area (Å²) >= 11 is 0. The minimum Gasteiger partial charge on any atom is -0.361 e. The Morgan fingerprint density at radius 3 is 2.88 bits per heavy atom. The number of aryl methyl sites for hydroxylation is 1. The largest absolute Gasteiger partial charge is 0.361 e. The lowest BCUT2D eigenvalue weighted by atomic mass is 9.97. The van der Waals surface area contributed by atoms with E-state index in [0.29, 0.717) is 12.0 Å². The van der Waals surface area contributed by atoms with Crippen molar-refractivity contribution in [1.82, 2.24) is 4.98 Å². The number of nitrogens with two attached hydrogens (primary N) is 1. The van der Waals surface area contributed by atoms with Gasteiger partial charge in [-0.1, -0.05) is 18.2 Å². The second kappa shape index (κ2) is 4.17. The molecule has 3 heteroatoms.